The van der Waals surface area contributed by atoms with Crippen LogP contribution in [0.1, 0.15) is 30.6 Å². The predicted octanol–water partition coefficient (Wildman–Crippen LogP) is 0.117. The van der Waals surface area contributed by atoms with Crippen molar-refractivity contribution >= 4 is 16.0 Å². The molecule has 0 bridgehead atoms. The highest BCUT2D eigenvalue weighted by atomic mass is 32.2. The summed E-state index contributed by atoms with van der Waals surface area (Å²) in [5.41, 5.74) is -0.122. The Morgan fingerprint density at radius 1 is 1.53 bits per heavy atom. The van der Waals surface area contributed by atoms with E-state index in [-0.39, 0.29) is 12.2 Å². The number of aryl methyl sites for hydroxylation is 1. The number of hydrogen-bond acceptors (Lipinski definition) is 5. The van der Waals surface area contributed by atoms with Crippen molar-refractivity contribution in [3.63, 3.8) is 0 Å². The molecule has 8 heteroatoms. The largest absolute Gasteiger partial charge is 0.462 e. The van der Waals surface area contributed by atoms with Crippen molar-refractivity contribution in [2.45, 2.75) is 31.8 Å². The molecule has 0 radical (unpaired) electrons. The van der Waals surface area contributed by atoms with Gasteiger partial charge in [-0.1, -0.05) is 6.92 Å². The lowest BCUT2D eigenvalue weighted by molar-refractivity contribution is 0.0521. The zero-order valence-electron chi connectivity index (χ0n) is 9.71. The molecule has 0 fully saturated rings. The maximum absolute atomic E-state index is 11.5. The Labute approximate surface area is 99.6 Å². The minimum absolute atomic E-state index is 0.122. The Bertz CT molecular complexity index is 506. The van der Waals surface area contributed by atoms with Gasteiger partial charge < -0.3 is 4.74 Å². The highest BCUT2D eigenvalue weighted by Crippen LogP contribution is 2.13. The topological polar surface area (TPSA) is 104 Å². The number of ether oxygens (including phenoxy) is 1. The Kier molecular flexibility index (Phi) is 4.24. The Balaban J connectivity index is 3.22. The zero-order valence-corrected chi connectivity index (χ0v) is 10.5. The van der Waals surface area contributed by atoms with Crippen molar-refractivity contribution in [1.82, 2.24) is 9.78 Å². The number of aromatic nitrogens is 2. The van der Waals surface area contributed by atoms with Gasteiger partial charge in [0.05, 0.1) is 6.61 Å². The fraction of sp³-hybridized carbons (Fsp3) is 0.556. The maximum Gasteiger partial charge on any atom is 0.342 e. The summed E-state index contributed by atoms with van der Waals surface area (Å²) >= 11 is 0. The van der Waals surface area contributed by atoms with Crippen LogP contribution in [0.25, 0.3) is 0 Å². The van der Waals surface area contributed by atoms with E-state index in [1.807, 2.05) is 6.92 Å². The predicted molar refractivity (Wildman–Crippen MR) is 59.8 cm³/mol. The average molecular weight is 261 g/mol. The molecule has 0 saturated heterocycles. The lowest BCUT2D eigenvalue weighted by Gasteiger charge is -1.99. The molecule has 1 heterocycles. The molecule has 0 saturated carbocycles. The molecule has 0 spiro atoms. The molecular weight excluding hydrogens is 246 g/mol. The van der Waals surface area contributed by atoms with Crippen molar-refractivity contribution in [1.29, 1.82) is 0 Å². The second-order valence-corrected chi connectivity index (χ2v) is 4.85. The Morgan fingerprint density at radius 3 is 2.65 bits per heavy atom. The van der Waals surface area contributed by atoms with E-state index < -0.39 is 21.0 Å². The first-order valence-electron chi connectivity index (χ1n) is 5.17. The number of nitrogens with zero attached hydrogens (tertiary/aromatic N) is 2. The molecule has 1 aromatic rings. The molecule has 1 rings (SSSR count). The van der Waals surface area contributed by atoms with Crippen molar-refractivity contribution in [3.8, 4) is 0 Å². The Morgan fingerprint density at radius 2 is 2.18 bits per heavy atom. The molecule has 0 aliphatic heterocycles. The molecule has 0 aliphatic carbocycles. The first kappa shape index (κ1) is 13.7. The lowest BCUT2D eigenvalue weighted by Crippen LogP contribution is -2.17. The maximum atomic E-state index is 11.5. The summed E-state index contributed by atoms with van der Waals surface area (Å²) in [5, 5.41) is 8.33. The number of esters is 1. The third-order valence-corrected chi connectivity index (χ3v) is 2.79. The van der Waals surface area contributed by atoms with Gasteiger partial charge in [0, 0.05) is 12.7 Å². The van der Waals surface area contributed by atoms with E-state index in [1.165, 1.54) is 10.9 Å². The fourth-order valence-electron chi connectivity index (χ4n) is 1.31. The van der Waals surface area contributed by atoms with Crippen LogP contribution in [-0.2, 0) is 21.3 Å². The molecule has 0 amide bonds. The van der Waals surface area contributed by atoms with Crippen LogP contribution in [0.4, 0.5) is 0 Å². The smallest absolute Gasteiger partial charge is 0.342 e. The number of rotatable bonds is 5. The Hall–Kier alpha value is -1.41. The summed E-state index contributed by atoms with van der Waals surface area (Å²) in [6.07, 6.45) is 2.09. The quantitative estimate of drug-likeness (QED) is 0.758. The van der Waals surface area contributed by atoms with Crippen LogP contribution in [0.15, 0.2) is 11.2 Å². The van der Waals surface area contributed by atoms with E-state index in [0.717, 1.165) is 6.42 Å². The van der Waals surface area contributed by atoms with Gasteiger partial charge in [0.2, 0.25) is 5.03 Å². The summed E-state index contributed by atoms with van der Waals surface area (Å²) in [6, 6.07) is 0. The fourth-order valence-corrected chi connectivity index (χ4v) is 1.97. The molecule has 0 atom stereocenters. The molecule has 1 aromatic heterocycles. The normalized spacial score (nSPS) is 11.5. The van der Waals surface area contributed by atoms with Crippen LogP contribution >= 0.6 is 0 Å². The van der Waals surface area contributed by atoms with Gasteiger partial charge in [-0.2, -0.15) is 5.10 Å². The second kappa shape index (κ2) is 5.28. The van der Waals surface area contributed by atoms with Gasteiger partial charge in [-0.25, -0.2) is 18.4 Å². The van der Waals surface area contributed by atoms with E-state index in [2.05, 4.69) is 5.10 Å². The number of carbonyl (C=O) groups excluding carboxylic acids is 1. The molecule has 0 unspecified atom stereocenters. The second-order valence-electron chi connectivity index (χ2n) is 3.38. The number of primary sulfonamides is 1. The van der Waals surface area contributed by atoms with Crippen molar-refractivity contribution in [2.75, 3.05) is 6.61 Å². The van der Waals surface area contributed by atoms with E-state index in [0.29, 0.717) is 6.54 Å². The van der Waals surface area contributed by atoms with Gasteiger partial charge in [-0.3, -0.25) is 4.68 Å². The van der Waals surface area contributed by atoms with Crippen LogP contribution in [0.5, 0.6) is 0 Å². The summed E-state index contributed by atoms with van der Waals surface area (Å²) in [7, 11) is -4.03. The minimum Gasteiger partial charge on any atom is -0.462 e. The van der Waals surface area contributed by atoms with Gasteiger partial charge in [-0.15, -0.1) is 0 Å². The first-order valence-corrected chi connectivity index (χ1v) is 6.72. The summed E-state index contributed by atoms with van der Waals surface area (Å²) < 4.78 is 28.7. The lowest BCUT2D eigenvalue weighted by atomic mass is 10.4. The molecule has 7 nitrogen and oxygen atoms in total. The van der Waals surface area contributed by atoms with E-state index in [9.17, 15) is 13.2 Å². The number of carbonyl (C=O) groups is 1. The molecular formula is C9H15N3O4S. The van der Waals surface area contributed by atoms with Crippen molar-refractivity contribution in [3.05, 3.63) is 11.8 Å². The molecule has 17 heavy (non-hydrogen) atoms. The number of nitrogens with two attached hydrogens (primary N) is 1. The monoisotopic (exact) mass is 261 g/mol. The van der Waals surface area contributed by atoms with Crippen LogP contribution in [0, 0.1) is 0 Å². The first-order chi connectivity index (χ1) is 7.90. The molecule has 0 aromatic carbocycles. The van der Waals surface area contributed by atoms with Crippen molar-refractivity contribution in [2.24, 2.45) is 5.14 Å². The number of sulfonamides is 1. The molecule has 96 valence electrons. The third-order valence-electron chi connectivity index (χ3n) is 1.95. The third kappa shape index (κ3) is 3.27. The summed E-state index contributed by atoms with van der Waals surface area (Å²) in [4.78, 5) is 11.5. The molecule has 0 aliphatic rings. The average Bonchev–Trinajstić information content (AvgIpc) is 2.62. The number of hydrogen-bond donors (Lipinski definition) is 1. The zero-order chi connectivity index (χ0) is 13.1. The summed E-state index contributed by atoms with van der Waals surface area (Å²) in [6.45, 7) is 4.19. The van der Waals surface area contributed by atoms with Gasteiger partial charge >= 0.3 is 5.97 Å². The highest BCUT2D eigenvalue weighted by molar-refractivity contribution is 7.89. The van der Waals surface area contributed by atoms with Crippen LogP contribution < -0.4 is 5.14 Å². The summed E-state index contributed by atoms with van der Waals surface area (Å²) in [5.74, 6) is -0.737. The van der Waals surface area contributed by atoms with Gasteiger partial charge in [0.1, 0.15) is 5.56 Å². The minimum atomic E-state index is -4.03. The highest BCUT2D eigenvalue weighted by Gasteiger charge is 2.25. The standard InChI is InChI=1S/C9H15N3O4S/c1-3-5-12-6-7(9(13)16-4-2)8(11-12)17(10,14)15/h6H,3-5H2,1-2H3,(H2,10,14,15). The molecule has 2 N–H and O–H groups in total. The van der Waals surface area contributed by atoms with Gasteiger partial charge in [0.25, 0.3) is 10.0 Å². The van der Waals surface area contributed by atoms with E-state index in [1.54, 1.807) is 6.92 Å². The van der Waals surface area contributed by atoms with Gasteiger partial charge in [0.15, 0.2) is 0 Å². The van der Waals surface area contributed by atoms with Crippen LogP contribution in [0.2, 0.25) is 0 Å². The van der Waals surface area contributed by atoms with Crippen molar-refractivity contribution < 1.29 is 17.9 Å². The SMILES string of the molecule is CCCn1cc(C(=O)OCC)c(S(N)(=O)=O)n1. The van der Waals surface area contributed by atoms with Crippen LogP contribution in [-0.4, -0.2) is 30.8 Å². The van der Waals surface area contributed by atoms with Gasteiger partial charge in [-0.05, 0) is 13.3 Å². The van der Waals surface area contributed by atoms with Crippen LogP contribution in [0.3, 0.4) is 0 Å². The van der Waals surface area contributed by atoms with E-state index in [4.69, 9.17) is 9.88 Å². The van der Waals surface area contributed by atoms with E-state index >= 15 is 0 Å².